The van der Waals surface area contributed by atoms with Gasteiger partial charge in [-0.3, -0.25) is 9.59 Å². The van der Waals surface area contributed by atoms with Crippen molar-refractivity contribution in [1.82, 2.24) is 4.90 Å². The zero-order valence-electron chi connectivity index (χ0n) is 19.3. The molecule has 1 amide bonds. The first kappa shape index (κ1) is 23.0. The molecule has 0 saturated carbocycles. The van der Waals surface area contributed by atoms with Crippen LogP contribution >= 0.6 is 0 Å². The number of hydrogen-bond acceptors (Lipinski definition) is 6. The summed E-state index contributed by atoms with van der Waals surface area (Å²) in [6.07, 6.45) is 0.361. The average molecular weight is 469 g/mol. The van der Waals surface area contributed by atoms with Crippen LogP contribution in [0, 0.1) is 13.8 Å². The molecule has 0 N–H and O–H groups in total. The molecule has 3 aromatic rings. The van der Waals surface area contributed by atoms with Crippen molar-refractivity contribution in [2.45, 2.75) is 32.9 Å². The minimum Gasteiger partial charge on any atom is -0.451 e. The number of sulfone groups is 1. The van der Waals surface area contributed by atoms with Crippen molar-refractivity contribution in [3.05, 3.63) is 75.1 Å². The fraction of sp³-hybridized carbons (Fsp3) is 0.360. The average Bonchev–Trinajstić information content (AvgIpc) is 3.10. The highest BCUT2D eigenvalue weighted by Gasteiger charge is 2.36. The number of rotatable bonds is 5. The van der Waals surface area contributed by atoms with Crippen molar-refractivity contribution in [3.63, 3.8) is 0 Å². The summed E-state index contributed by atoms with van der Waals surface area (Å²) in [7, 11) is 0.674. The van der Waals surface area contributed by atoms with E-state index >= 15 is 0 Å². The number of amides is 1. The van der Waals surface area contributed by atoms with E-state index in [2.05, 4.69) is 0 Å². The van der Waals surface area contributed by atoms with Gasteiger partial charge in [0.2, 0.25) is 0 Å². The van der Waals surface area contributed by atoms with E-state index in [4.69, 9.17) is 4.42 Å². The molecule has 0 bridgehead atoms. The van der Waals surface area contributed by atoms with Gasteiger partial charge in [-0.25, -0.2) is 8.42 Å². The van der Waals surface area contributed by atoms with E-state index in [0.29, 0.717) is 17.4 Å². The Morgan fingerprint density at radius 3 is 2.39 bits per heavy atom. The lowest BCUT2D eigenvalue weighted by Crippen LogP contribution is -2.41. The van der Waals surface area contributed by atoms with Gasteiger partial charge in [0.05, 0.1) is 16.9 Å². The second-order valence-electron chi connectivity index (χ2n) is 8.98. The van der Waals surface area contributed by atoms with Crippen molar-refractivity contribution >= 4 is 32.4 Å². The lowest BCUT2D eigenvalue weighted by molar-refractivity contribution is 0.0648. The lowest BCUT2D eigenvalue weighted by Gasteiger charge is -2.28. The zero-order valence-corrected chi connectivity index (χ0v) is 20.1. The molecule has 2 aromatic carbocycles. The van der Waals surface area contributed by atoms with Crippen molar-refractivity contribution < 1.29 is 17.6 Å². The van der Waals surface area contributed by atoms with Crippen molar-refractivity contribution in [2.24, 2.45) is 0 Å². The van der Waals surface area contributed by atoms with Crippen LogP contribution in [0.4, 0.5) is 5.69 Å². The highest BCUT2D eigenvalue weighted by Crippen LogP contribution is 2.25. The van der Waals surface area contributed by atoms with Gasteiger partial charge in [0.25, 0.3) is 5.91 Å². The molecule has 0 unspecified atom stereocenters. The Morgan fingerprint density at radius 1 is 1.09 bits per heavy atom. The molecule has 174 valence electrons. The SMILES string of the molecule is Cc1cc(C)c2c(=O)cc(C(=O)N(Cc3ccc(N(C)C)cc3)[C@@H]3CCS(=O)(=O)C3)oc2c1. The smallest absolute Gasteiger partial charge is 0.290 e. The molecule has 1 aromatic heterocycles. The van der Waals surface area contributed by atoms with Gasteiger partial charge in [0.15, 0.2) is 21.0 Å². The van der Waals surface area contributed by atoms with Crippen LogP contribution in [0.3, 0.4) is 0 Å². The molecule has 4 rings (SSSR count). The molecule has 7 nitrogen and oxygen atoms in total. The van der Waals surface area contributed by atoms with E-state index < -0.39 is 21.8 Å². The van der Waals surface area contributed by atoms with Crippen LogP contribution in [-0.4, -0.2) is 50.9 Å². The maximum Gasteiger partial charge on any atom is 0.290 e. The quantitative estimate of drug-likeness (QED) is 0.571. The molecule has 2 heterocycles. The monoisotopic (exact) mass is 468 g/mol. The predicted molar refractivity (Wildman–Crippen MR) is 130 cm³/mol. The summed E-state index contributed by atoms with van der Waals surface area (Å²) in [6, 6.07) is 12.1. The van der Waals surface area contributed by atoms with Gasteiger partial charge in [-0.1, -0.05) is 18.2 Å². The number of carbonyl (C=O) groups is 1. The van der Waals surface area contributed by atoms with Crippen LogP contribution in [-0.2, 0) is 16.4 Å². The summed E-state index contributed by atoms with van der Waals surface area (Å²) in [5.41, 5.74) is 3.67. The topological polar surface area (TPSA) is 87.9 Å². The molecule has 1 aliphatic heterocycles. The molecule has 1 fully saturated rings. The van der Waals surface area contributed by atoms with Crippen LogP contribution in [0.2, 0.25) is 0 Å². The molecule has 0 aliphatic carbocycles. The number of nitrogens with zero attached hydrogens (tertiary/aromatic N) is 2. The maximum atomic E-state index is 13.6. The Hall–Kier alpha value is -3.13. The van der Waals surface area contributed by atoms with Gasteiger partial charge in [-0.2, -0.15) is 0 Å². The zero-order chi connectivity index (χ0) is 23.9. The van der Waals surface area contributed by atoms with Gasteiger partial charge >= 0.3 is 0 Å². The van der Waals surface area contributed by atoms with Gasteiger partial charge in [0.1, 0.15) is 5.58 Å². The highest BCUT2D eigenvalue weighted by atomic mass is 32.2. The van der Waals surface area contributed by atoms with Crippen molar-refractivity contribution in [2.75, 3.05) is 30.5 Å². The maximum absolute atomic E-state index is 13.6. The largest absolute Gasteiger partial charge is 0.451 e. The number of fused-ring (bicyclic) bond motifs is 1. The predicted octanol–water partition coefficient (Wildman–Crippen LogP) is 3.31. The molecule has 1 saturated heterocycles. The first-order valence-electron chi connectivity index (χ1n) is 10.9. The highest BCUT2D eigenvalue weighted by molar-refractivity contribution is 7.91. The van der Waals surface area contributed by atoms with Crippen LogP contribution in [0.5, 0.6) is 0 Å². The Kier molecular flexibility index (Phi) is 6.05. The minimum absolute atomic E-state index is 0.0427. The van der Waals surface area contributed by atoms with E-state index in [0.717, 1.165) is 22.4 Å². The second kappa shape index (κ2) is 8.67. The third-order valence-electron chi connectivity index (χ3n) is 6.10. The first-order valence-corrected chi connectivity index (χ1v) is 12.7. The summed E-state index contributed by atoms with van der Waals surface area (Å²) in [4.78, 5) is 29.9. The molecule has 1 aliphatic rings. The van der Waals surface area contributed by atoms with E-state index in [-0.39, 0.29) is 29.2 Å². The second-order valence-corrected chi connectivity index (χ2v) is 11.2. The summed E-state index contributed by atoms with van der Waals surface area (Å²) in [5, 5.41) is 0.450. The molecule has 0 spiro atoms. The van der Waals surface area contributed by atoms with E-state index in [9.17, 15) is 18.0 Å². The molecule has 8 heteroatoms. The third kappa shape index (κ3) is 4.80. The number of carbonyl (C=O) groups excluding carboxylic acids is 1. The van der Waals surface area contributed by atoms with Crippen LogP contribution in [0.15, 0.2) is 51.7 Å². The van der Waals surface area contributed by atoms with E-state index in [1.54, 1.807) is 6.07 Å². The molecule has 0 radical (unpaired) electrons. The summed E-state index contributed by atoms with van der Waals surface area (Å²) < 4.78 is 30.2. The fourth-order valence-corrected chi connectivity index (χ4v) is 6.13. The Balaban J connectivity index is 1.73. The Bertz CT molecular complexity index is 1370. The van der Waals surface area contributed by atoms with E-state index in [1.165, 1.54) is 11.0 Å². The minimum atomic E-state index is -3.21. The third-order valence-corrected chi connectivity index (χ3v) is 7.85. The fourth-order valence-electron chi connectivity index (χ4n) is 4.40. The van der Waals surface area contributed by atoms with Gasteiger partial charge in [-0.15, -0.1) is 0 Å². The van der Waals surface area contributed by atoms with Crippen LogP contribution < -0.4 is 10.3 Å². The van der Waals surface area contributed by atoms with Crippen molar-refractivity contribution in [1.29, 1.82) is 0 Å². The number of benzene rings is 2. The molecule has 1 atom stereocenters. The Labute approximate surface area is 193 Å². The van der Waals surface area contributed by atoms with Crippen molar-refractivity contribution in [3.8, 4) is 0 Å². The molecule has 33 heavy (non-hydrogen) atoms. The van der Waals surface area contributed by atoms with Gasteiger partial charge < -0.3 is 14.2 Å². The first-order chi connectivity index (χ1) is 15.5. The standard InChI is InChI=1S/C25H28N2O5S/c1-16-11-17(2)24-21(28)13-23(32-22(24)12-16)25(29)27(20-9-10-33(30,31)15-20)14-18-5-7-19(8-6-18)26(3)4/h5-8,11-13,20H,9-10,14-15H2,1-4H3/t20-/m1/s1. The summed E-state index contributed by atoms with van der Waals surface area (Å²) in [6.45, 7) is 3.95. The molecular weight excluding hydrogens is 440 g/mol. The normalized spacial score (nSPS) is 17.3. The number of aryl methyl sites for hydroxylation is 2. The van der Waals surface area contributed by atoms with Crippen LogP contribution in [0.1, 0.15) is 33.7 Å². The lowest BCUT2D eigenvalue weighted by atomic mass is 10.1. The summed E-state index contributed by atoms with van der Waals surface area (Å²) in [5.74, 6) is -0.607. The number of hydrogen-bond donors (Lipinski definition) is 0. The molecular formula is C25H28N2O5S. The van der Waals surface area contributed by atoms with Gasteiger partial charge in [0, 0.05) is 38.4 Å². The number of anilines is 1. The van der Waals surface area contributed by atoms with Crippen LogP contribution in [0.25, 0.3) is 11.0 Å². The Morgan fingerprint density at radius 2 is 1.79 bits per heavy atom. The van der Waals surface area contributed by atoms with E-state index in [1.807, 2.05) is 63.2 Å². The summed E-state index contributed by atoms with van der Waals surface area (Å²) >= 11 is 0. The van der Waals surface area contributed by atoms with Gasteiger partial charge in [-0.05, 0) is 55.2 Å².